The molecule has 3 N–H and O–H groups in total. The molecule has 0 spiro atoms. The number of rotatable bonds is 4. The van der Waals surface area contributed by atoms with Crippen molar-refractivity contribution in [2.24, 2.45) is 0 Å². The second-order valence-corrected chi connectivity index (χ2v) is 5.77. The molecule has 1 aliphatic rings. The third kappa shape index (κ3) is 3.73. The van der Waals surface area contributed by atoms with Crippen LogP contribution >= 0.6 is 0 Å². The number of nitrogen functional groups attached to an aromatic ring is 1. The van der Waals surface area contributed by atoms with Crippen molar-refractivity contribution in [2.75, 3.05) is 24.6 Å². The van der Waals surface area contributed by atoms with E-state index in [0.29, 0.717) is 18.3 Å². The van der Waals surface area contributed by atoms with E-state index in [1.807, 2.05) is 32.2 Å². The van der Waals surface area contributed by atoms with Crippen molar-refractivity contribution in [1.29, 1.82) is 0 Å². The Morgan fingerprint density at radius 3 is 2.75 bits per heavy atom. The molecule has 1 aromatic carbocycles. The maximum absolute atomic E-state index is 12.1. The van der Waals surface area contributed by atoms with Crippen LogP contribution in [0.2, 0.25) is 0 Å². The predicted octanol–water partition coefficient (Wildman–Crippen LogP) is 2.78. The maximum Gasteiger partial charge on any atom is 0.238 e. The molecule has 1 aromatic rings. The van der Waals surface area contributed by atoms with Gasteiger partial charge in [-0.3, -0.25) is 9.69 Å². The fourth-order valence-electron chi connectivity index (χ4n) is 2.86. The Morgan fingerprint density at radius 2 is 2.05 bits per heavy atom. The number of nitrogens with zero attached hydrogens (tertiary/aromatic N) is 1. The van der Waals surface area contributed by atoms with Crippen LogP contribution in [0.5, 0.6) is 0 Å². The molecule has 1 fully saturated rings. The lowest BCUT2D eigenvalue weighted by Crippen LogP contribution is -2.39. The van der Waals surface area contributed by atoms with Crippen LogP contribution in [-0.2, 0) is 4.79 Å². The van der Waals surface area contributed by atoms with Gasteiger partial charge in [-0.2, -0.15) is 0 Å². The molecular formula is C16H25N3O. The molecule has 0 unspecified atom stereocenters. The Hall–Kier alpha value is -1.55. The van der Waals surface area contributed by atoms with E-state index >= 15 is 0 Å². The first kappa shape index (κ1) is 14.9. The zero-order valence-corrected chi connectivity index (χ0v) is 12.5. The van der Waals surface area contributed by atoms with Gasteiger partial charge in [-0.15, -0.1) is 0 Å². The molecule has 1 saturated carbocycles. The summed E-state index contributed by atoms with van der Waals surface area (Å²) in [6, 6.07) is 6.16. The Kier molecular flexibility index (Phi) is 5.01. The summed E-state index contributed by atoms with van der Waals surface area (Å²) in [5.74, 6) is 0.0340. The standard InChI is InChI=1S/C16H25N3O/c1-12-14(17)9-6-10-15(12)18-16(20)11-19(2)13-7-4-3-5-8-13/h6,9-10,13H,3-5,7-8,11,17H2,1-2H3,(H,18,20). The third-order valence-electron chi connectivity index (χ3n) is 4.24. The molecule has 0 atom stereocenters. The molecule has 0 heterocycles. The molecule has 0 aliphatic heterocycles. The molecule has 4 nitrogen and oxygen atoms in total. The van der Waals surface area contributed by atoms with Gasteiger partial charge in [0.25, 0.3) is 0 Å². The minimum atomic E-state index is 0.0340. The van der Waals surface area contributed by atoms with Crippen LogP contribution in [0.3, 0.4) is 0 Å². The molecule has 4 heteroatoms. The van der Waals surface area contributed by atoms with Crippen LogP contribution in [-0.4, -0.2) is 30.4 Å². The normalized spacial score (nSPS) is 16.4. The molecule has 1 amide bonds. The monoisotopic (exact) mass is 275 g/mol. The Balaban J connectivity index is 1.90. The lowest BCUT2D eigenvalue weighted by Gasteiger charge is -2.30. The van der Waals surface area contributed by atoms with Crippen molar-refractivity contribution in [3.8, 4) is 0 Å². The molecule has 20 heavy (non-hydrogen) atoms. The number of nitrogens with one attached hydrogen (secondary N) is 1. The lowest BCUT2D eigenvalue weighted by molar-refractivity contribution is -0.117. The van der Waals surface area contributed by atoms with Gasteiger partial charge >= 0.3 is 0 Å². The van der Waals surface area contributed by atoms with Crippen LogP contribution in [0, 0.1) is 6.92 Å². The average molecular weight is 275 g/mol. The summed E-state index contributed by atoms with van der Waals surface area (Å²) < 4.78 is 0. The van der Waals surface area contributed by atoms with Gasteiger partial charge in [-0.1, -0.05) is 25.3 Å². The summed E-state index contributed by atoms with van der Waals surface area (Å²) in [6.07, 6.45) is 6.32. The van der Waals surface area contributed by atoms with Gasteiger partial charge in [0.1, 0.15) is 0 Å². The second-order valence-electron chi connectivity index (χ2n) is 5.77. The predicted molar refractivity (Wildman–Crippen MR) is 83.7 cm³/mol. The largest absolute Gasteiger partial charge is 0.398 e. The molecule has 2 rings (SSSR count). The molecule has 1 aliphatic carbocycles. The van der Waals surface area contributed by atoms with Gasteiger partial charge in [0, 0.05) is 17.4 Å². The fourth-order valence-corrected chi connectivity index (χ4v) is 2.86. The SMILES string of the molecule is Cc1c(N)cccc1NC(=O)CN(C)C1CCCCC1. The summed E-state index contributed by atoms with van der Waals surface area (Å²) in [5, 5.41) is 2.96. The second kappa shape index (κ2) is 6.75. The number of likely N-dealkylation sites (N-methyl/N-ethyl adjacent to an activating group) is 1. The highest BCUT2D eigenvalue weighted by Gasteiger charge is 2.20. The average Bonchev–Trinajstić information content (AvgIpc) is 2.45. The van der Waals surface area contributed by atoms with E-state index < -0.39 is 0 Å². The highest BCUT2D eigenvalue weighted by atomic mass is 16.2. The molecule has 110 valence electrons. The van der Waals surface area contributed by atoms with Crippen LogP contribution in [0.4, 0.5) is 11.4 Å². The molecule has 0 aromatic heterocycles. The first-order chi connectivity index (χ1) is 9.58. The molecule has 0 saturated heterocycles. The van der Waals surface area contributed by atoms with Gasteiger partial charge in [0.05, 0.1) is 6.54 Å². The van der Waals surface area contributed by atoms with Crippen LogP contribution < -0.4 is 11.1 Å². The van der Waals surface area contributed by atoms with E-state index in [4.69, 9.17) is 5.73 Å². The maximum atomic E-state index is 12.1. The third-order valence-corrected chi connectivity index (χ3v) is 4.24. The number of anilines is 2. The molecule has 0 radical (unpaired) electrons. The van der Waals surface area contributed by atoms with Gasteiger partial charge in [0.15, 0.2) is 0 Å². The van der Waals surface area contributed by atoms with E-state index in [2.05, 4.69) is 10.2 Å². The Morgan fingerprint density at radius 1 is 1.35 bits per heavy atom. The first-order valence-corrected chi connectivity index (χ1v) is 7.43. The number of carbonyl (C=O) groups is 1. The van der Waals surface area contributed by atoms with E-state index in [1.54, 1.807) is 0 Å². The summed E-state index contributed by atoms with van der Waals surface area (Å²) in [7, 11) is 2.04. The minimum Gasteiger partial charge on any atom is -0.398 e. The zero-order chi connectivity index (χ0) is 14.5. The Labute approximate surface area is 121 Å². The van der Waals surface area contributed by atoms with Crippen LogP contribution in [0.25, 0.3) is 0 Å². The van der Waals surface area contributed by atoms with Gasteiger partial charge in [0.2, 0.25) is 5.91 Å². The summed E-state index contributed by atoms with van der Waals surface area (Å²) in [6.45, 7) is 2.37. The quantitative estimate of drug-likeness (QED) is 0.831. The van der Waals surface area contributed by atoms with E-state index in [9.17, 15) is 4.79 Å². The number of carbonyl (C=O) groups excluding carboxylic acids is 1. The van der Waals surface area contributed by atoms with Crippen molar-refractivity contribution in [1.82, 2.24) is 4.90 Å². The highest BCUT2D eigenvalue weighted by Crippen LogP contribution is 2.22. The van der Waals surface area contributed by atoms with Crippen LogP contribution in [0.15, 0.2) is 18.2 Å². The number of hydrogen-bond donors (Lipinski definition) is 2. The van der Waals surface area contributed by atoms with Gasteiger partial charge in [-0.25, -0.2) is 0 Å². The molecular weight excluding hydrogens is 250 g/mol. The molecule has 0 bridgehead atoms. The van der Waals surface area contributed by atoms with E-state index in [-0.39, 0.29) is 5.91 Å². The zero-order valence-electron chi connectivity index (χ0n) is 12.5. The number of hydrogen-bond acceptors (Lipinski definition) is 3. The lowest BCUT2D eigenvalue weighted by atomic mass is 9.94. The van der Waals surface area contributed by atoms with E-state index in [0.717, 1.165) is 11.3 Å². The number of amides is 1. The van der Waals surface area contributed by atoms with Crippen molar-refractivity contribution < 1.29 is 4.79 Å². The smallest absolute Gasteiger partial charge is 0.238 e. The van der Waals surface area contributed by atoms with Gasteiger partial charge in [-0.05, 0) is 44.5 Å². The van der Waals surface area contributed by atoms with Gasteiger partial charge < -0.3 is 11.1 Å². The minimum absolute atomic E-state index is 0.0340. The van der Waals surface area contributed by atoms with Crippen LogP contribution in [0.1, 0.15) is 37.7 Å². The highest BCUT2D eigenvalue weighted by molar-refractivity contribution is 5.93. The van der Waals surface area contributed by atoms with Crippen molar-refractivity contribution in [2.45, 2.75) is 45.1 Å². The summed E-state index contributed by atoms with van der Waals surface area (Å²) in [4.78, 5) is 14.3. The van der Waals surface area contributed by atoms with Crippen molar-refractivity contribution in [3.63, 3.8) is 0 Å². The van der Waals surface area contributed by atoms with Crippen molar-refractivity contribution >= 4 is 17.3 Å². The number of benzene rings is 1. The number of nitrogens with two attached hydrogens (primary N) is 1. The Bertz CT molecular complexity index is 467. The summed E-state index contributed by atoms with van der Waals surface area (Å²) >= 11 is 0. The first-order valence-electron chi connectivity index (χ1n) is 7.43. The summed E-state index contributed by atoms with van der Waals surface area (Å²) in [5.41, 5.74) is 8.31. The topological polar surface area (TPSA) is 58.4 Å². The van der Waals surface area contributed by atoms with Crippen molar-refractivity contribution in [3.05, 3.63) is 23.8 Å². The fraction of sp³-hybridized carbons (Fsp3) is 0.562. The van der Waals surface area contributed by atoms with E-state index in [1.165, 1.54) is 32.1 Å².